The summed E-state index contributed by atoms with van der Waals surface area (Å²) in [5.74, 6) is 0.646. The summed E-state index contributed by atoms with van der Waals surface area (Å²) in [6.45, 7) is 3.23. The molecule has 1 aromatic heterocycles. The van der Waals surface area contributed by atoms with Crippen molar-refractivity contribution in [3.05, 3.63) is 5.82 Å². The van der Waals surface area contributed by atoms with E-state index in [1.54, 1.807) is 6.92 Å². The van der Waals surface area contributed by atoms with Crippen LogP contribution in [0.5, 0.6) is 0 Å². The van der Waals surface area contributed by atoms with E-state index < -0.39 is 0 Å². The van der Waals surface area contributed by atoms with Crippen LogP contribution in [0, 0.1) is 6.92 Å². The second-order valence-electron chi connectivity index (χ2n) is 2.02. The Morgan fingerprint density at radius 3 is 2.80 bits per heavy atom. The van der Waals surface area contributed by atoms with Gasteiger partial charge >= 0.3 is 0 Å². The molecule has 4 nitrogen and oxygen atoms in total. The second-order valence-corrected chi connectivity index (χ2v) is 2.02. The van der Waals surface area contributed by atoms with Crippen LogP contribution in [-0.2, 0) is 4.79 Å². The molecule has 0 amide bonds. The first-order chi connectivity index (χ1) is 4.68. The zero-order valence-electron chi connectivity index (χ0n) is 5.88. The van der Waals surface area contributed by atoms with Gasteiger partial charge in [-0.2, -0.15) is 5.10 Å². The number of carbonyl (C=O) groups is 1. The van der Waals surface area contributed by atoms with E-state index >= 15 is 0 Å². The lowest BCUT2D eigenvalue weighted by atomic mass is 9.73. The van der Waals surface area contributed by atoms with E-state index in [2.05, 4.69) is 15.2 Å². The average Bonchev–Trinajstić information content (AvgIpc) is 2.13. The number of H-pyrrole nitrogens is 1. The van der Waals surface area contributed by atoms with Gasteiger partial charge in [-0.3, -0.25) is 5.10 Å². The number of aromatic nitrogens is 3. The molecule has 0 unspecified atom stereocenters. The van der Waals surface area contributed by atoms with Gasteiger partial charge in [-0.25, -0.2) is 4.98 Å². The fourth-order valence-corrected chi connectivity index (χ4v) is 0.620. The summed E-state index contributed by atoms with van der Waals surface area (Å²) in [4.78, 5) is 14.4. The van der Waals surface area contributed by atoms with E-state index in [1.165, 1.54) is 14.2 Å². The van der Waals surface area contributed by atoms with Crippen LogP contribution < -0.4 is 5.72 Å². The molecular weight excluding hydrogens is 129 g/mol. The molecule has 0 aliphatic rings. The van der Waals surface area contributed by atoms with Crippen LogP contribution in [0.25, 0.3) is 0 Å². The molecule has 0 bridgehead atoms. The van der Waals surface area contributed by atoms with Gasteiger partial charge in [-0.05, 0) is 13.8 Å². The van der Waals surface area contributed by atoms with Crippen molar-refractivity contribution < 1.29 is 4.79 Å². The summed E-state index contributed by atoms with van der Waals surface area (Å²) < 4.78 is 0. The summed E-state index contributed by atoms with van der Waals surface area (Å²) >= 11 is 0. The van der Waals surface area contributed by atoms with Crippen LogP contribution in [0.15, 0.2) is 0 Å². The Balaban J connectivity index is 2.67. The minimum atomic E-state index is -0.0313. The summed E-state index contributed by atoms with van der Waals surface area (Å²) in [5.41, 5.74) is 0.487. The fourth-order valence-electron chi connectivity index (χ4n) is 0.620. The molecule has 1 heterocycles. The normalized spacial score (nSPS) is 9.40. The van der Waals surface area contributed by atoms with Gasteiger partial charge in [-0.1, -0.05) is 0 Å². The maximum atomic E-state index is 10.5. The number of hydrogen-bond acceptors (Lipinski definition) is 3. The Kier molecular flexibility index (Phi) is 1.84. The molecule has 0 atom stereocenters. The number of nitrogens with one attached hydrogen (secondary N) is 1. The lowest BCUT2D eigenvalue weighted by molar-refractivity contribution is -0.110. The van der Waals surface area contributed by atoms with Gasteiger partial charge < -0.3 is 4.79 Å². The maximum absolute atomic E-state index is 10.5. The van der Waals surface area contributed by atoms with Gasteiger partial charge in [-0.15, -0.1) is 0 Å². The van der Waals surface area contributed by atoms with Crippen LogP contribution in [0.2, 0.25) is 0 Å². The smallest absolute Gasteiger partial charge is 0.291 e. The van der Waals surface area contributed by atoms with Crippen molar-refractivity contribution in [2.24, 2.45) is 0 Å². The topological polar surface area (TPSA) is 58.6 Å². The van der Waals surface area contributed by atoms with E-state index in [9.17, 15) is 4.79 Å². The third-order valence-corrected chi connectivity index (χ3v) is 0.954. The first kappa shape index (κ1) is 6.99. The van der Waals surface area contributed by atoms with Gasteiger partial charge in [0.1, 0.15) is 5.82 Å². The second kappa shape index (κ2) is 2.64. The minimum Gasteiger partial charge on any atom is -0.312 e. The third kappa shape index (κ3) is 1.68. The van der Waals surface area contributed by atoms with Crippen LogP contribution in [0.3, 0.4) is 0 Å². The summed E-state index contributed by atoms with van der Waals surface area (Å²) in [5, 5.41) is 6.35. The Morgan fingerprint density at radius 2 is 2.40 bits per heavy atom. The zero-order chi connectivity index (χ0) is 7.56. The van der Waals surface area contributed by atoms with Gasteiger partial charge in [0, 0.05) is 0 Å². The predicted octanol–water partition coefficient (Wildman–Crippen LogP) is -1.01. The molecule has 0 saturated carbocycles. The van der Waals surface area contributed by atoms with Crippen molar-refractivity contribution in [2.75, 3.05) is 0 Å². The minimum absolute atomic E-state index is 0.0313. The maximum Gasteiger partial charge on any atom is 0.291 e. The quantitative estimate of drug-likeness (QED) is 0.529. The summed E-state index contributed by atoms with van der Waals surface area (Å²) in [6, 6.07) is 0. The molecule has 0 fully saturated rings. The largest absolute Gasteiger partial charge is 0.312 e. The molecule has 51 valence electrons. The predicted molar refractivity (Wildman–Crippen MR) is 37.2 cm³/mol. The molecule has 1 aromatic rings. The average molecular weight is 136 g/mol. The van der Waals surface area contributed by atoms with E-state index in [0.29, 0.717) is 11.5 Å². The van der Waals surface area contributed by atoms with Crippen LogP contribution in [0.1, 0.15) is 12.7 Å². The van der Waals surface area contributed by atoms with Gasteiger partial charge in [0.15, 0.2) is 0 Å². The zero-order valence-corrected chi connectivity index (χ0v) is 5.88. The van der Waals surface area contributed by atoms with Crippen molar-refractivity contribution in [1.29, 1.82) is 0 Å². The van der Waals surface area contributed by atoms with Gasteiger partial charge in [0.25, 0.3) is 7.28 Å². The molecule has 0 aromatic carbocycles. The highest BCUT2D eigenvalue weighted by Crippen LogP contribution is 1.75. The number of nitrogens with zero attached hydrogens (tertiary/aromatic N) is 2. The molecule has 0 aliphatic heterocycles. The van der Waals surface area contributed by atoms with Crippen molar-refractivity contribution in [3.63, 3.8) is 0 Å². The number of aromatic amines is 1. The van der Waals surface area contributed by atoms with E-state index in [4.69, 9.17) is 0 Å². The lowest BCUT2D eigenvalue weighted by Crippen LogP contribution is -2.24. The molecule has 10 heavy (non-hydrogen) atoms. The van der Waals surface area contributed by atoms with Crippen LogP contribution >= 0.6 is 0 Å². The van der Waals surface area contributed by atoms with E-state index in [1.807, 2.05) is 0 Å². The number of hydrogen-bond donors (Lipinski definition) is 1. The van der Waals surface area contributed by atoms with Crippen LogP contribution in [0.4, 0.5) is 0 Å². The highest BCUT2D eigenvalue weighted by atomic mass is 16.1. The van der Waals surface area contributed by atoms with Crippen molar-refractivity contribution >= 4 is 18.7 Å². The number of aryl methyl sites for hydroxylation is 1. The highest BCUT2D eigenvalue weighted by Gasteiger charge is 2.03. The Bertz CT molecular complexity index is 245. The summed E-state index contributed by atoms with van der Waals surface area (Å²) in [6.07, 6.45) is 0. The lowest BCUT2D eigenvalue weighted by Gasteiger charge is -1.82. The first-order valence-corrected chi connectivity index (χ1v) is 2.93. The molecular formula is C5H7BN3O. The molecule has 1 N–H and O–H groups in total. The molecule has 0 saturated heterocycles. The van der Waals surface area contributed by atoms with Crippen molar-refractivity contribution in [2.45, 2.75) is 13.8 Å². The number of carbonyl (C=O) groups excluding carboxylic acids is 1. The van der Waals surface area contributed by atoms with Crippen LogP contribution in [-0.4, -0.2) is 28.1 Å². The summed E-state index contributed by atoms with van der Waals surface area (Å²) in [7, 11) is 1.40. The fraction of sp³-hybridized carbons (Fsp3) is 0.400. The molecule has 0 spiro atoms. The number of rotatable bonds is 2. The molecule has 5 heteroatoms. The first-order valence-electron chi connectivity index (χ1n) is 2.93. The SMILES string of the molecule is CC(=O)[B]c1nc(C)n[nH]1. The molecule has 1 rings (SSSR count). The monoisotopic (exact) mass is 136 g/mol. The Morgan fingerprint density at radius 1 is 1.70 bits per heavy atom. The van der Waals surface area contributed by atoms with Gasteiger partial charge in [0.2, 0.25) is 0 Å². The van der Waals surface area contributed by atoms with Gasteiger partial charge in [0.05, 0.1) is 11.4 Å². The molecule has 0 aliphatic carbocycles. The standard InChI is InChI=1S/C5H7BN3O/c1-3(10)6-5-7-4(2)8-9-5/h1-2H3,(H,7,8,9). The van der Waals surface area contributed by atoms with E-state index in [0.717, 1.165) is 0 Å². The van der Waals surface area contributed by atoms with Crippen molar-refractivity contribution in [1.82, 2.24) is 15.2 Å². The highest BCUT2D eigenvalue weighted by molar-refractivity contribution is 6.82. The molecule has 1 radical (unpaired) electrons. The van der Waals surface area contributed by atoms with Crippen molar-refractivity contribution in [3.8, 4) is 0 Å². The Hall–Kier alpha value is -1.13. The van der Waals surface area contributed by atoms with E-state index in [-0.39, 0.29) is 5.68 Å². The Labute approximate surface area is 59.3 Å². The third-order valence-electron chi connectivity index (χ3n) is 0.954.